The van der Waals surface area contributed by atoms with Crippen LogP contribution < -0.4 is 16.3 Å². The topological polar surface area (TPSA) is 89.8 Å². The molecule has 1 aromatic heterocycles. The van der Waals surface area contributed by atoms with Gasteiger partial charge in [-0.2, -0.15) is 0 Å². The van der Waals surface area contributed by atoms with Crippen LogP contribution in [-0.2, 0) is 13.0 Å². The van der Waals surface area contributed by atoms with Gasteiger partial charge in [-0.3, -0.25) is 4.79 Å². The van der Waals surface area contributed by atoms with Crippen molar-refractivity contribution in [2.75, 3.05) is 11.9 Å². The number of amides is 1. The lowest BCUT2D eigenvalue weighted by atomic mass is 9.99. The molecule has 0 bridgehead atoms. The highest BCUT2D eigenvalue weighted by molar-refractivity contribution is 6.03. The predicted molar refractivity (Wildman–Crippen MR) is 71.2 cm³/mol. The number of hydrogen-bond acceptors (Lipinski definition) is 3. The summed E-state index contributed by atoms with van der Waals surface area (Å²) in [6.07, 6.45) is 2.25. The van der Waals surface area contributed by atoms with E-state index in [1.54, 1.807) is 0 Å². The number of imidazole rings is 1. The molecule has 6 heteroatoms. The number of anilines is 1. The molecule has 4 N–H and O–H groups in total. The van der Waals surface area contributed by atoms with Crippen LogP contribution in [0.25, 0.3) is 0 Å². The molecule has 1 aromatic carbocycles. The van der Waals surface area contributed by atoms with Crippen molar-refractivity contribution < 1.29 is 4.79 Å². The van der Waals surface area contributed by atoms with E-state index in [9.17, 15) is 9.59 Å². The van der Waals surface area contributed by atoms with Crippen molar-refractivity contribution >= 4 is 11.6 Å². The van der Waals surface area contributed by atoms with E-state index in [1.165, 1.54) is 11.8 Å². The molecular weight excluding hydrogens is 244 g/mol. The summed E-state index contributed by atoms with van der Waals surface area (Å²) in [7, 11) is 0. The number of carbonyl (C=O) groups is 1. The average Bonchev–Trinajstić information content (AvgIpc) is 2.86. The molecule has 0 radical (unpaired) electrons. The molecule has 1 amide bonds. The predicted octanol–water partition coefficient (Wildman–Crippen LogP) is 0.601. The summed E-state index contributed by atoms with van der Waals surface area (Å²) in [5.41, 5.74) is 3.02. The first-order valence-corrected chi connectivity index (χ1v) is 6.14. The smallest absolute Gasteiger partial charge is 0.320 e. The normalized spacial score (nSPS) is 13.9. The third kappa shape index (κ3) is 2.30. The molecule has 1 aliphatic rings. The second kappa shape index (κ2) is 4.74. The number of hydrogen-bond donors (Lipinski definition) is 4. The summed E-state index contributed by atoms with van der Waals surface area (Å²) in [6, 6.07) is 5.85. The van der Waals surface area contributed by atoms with Crippen LogP contribution in [0.5, 0.6) is 0 Å². The highest BCUT2D eigenvalue weighted by atomic mass is 16.2. The molecule has 3 rings (SSSR count). The van der Waals surface area contributed by atoms with E-state index in [4.69, 9.17) is 0 Å². The van der Waals surface area contributed by atoms with Crippen LogP contribution in [-0.4, -0.2) is 22.4 Å². The van der Waals surface area contributed by atoms with Gasteiger partial charge in [0.05, 0.1) is 0 Å². The molecule has 0 saturated carbocycles. The van der Waals surface area contributed by atoms with Crippen LogP contribution >= 0.6 is 0 Å². The molecule has 0 fully saturated rings. The molecule has 0 aliphatic carbocycles. The van der Waals surface area contributed by atoms with Crippen molar-refractivity contribution in [1.29, 1.82) is 0 Å². The van der Waals surface area contributed by atoms with Crippen molar-refractivity contribution in [1.82, 2.24) is 15.3 Å². The Morgan fingerprint density at radius 3 is 3.00 bits per heavy atom. The SMILES string of the molecule is O=C(Nc1cccc2c1CCNC2)c1c[nH]c(=O)[nH]1. The summed E-state index contributed by atoms with van der Waals surface area (Å²) >= 11 is 0. The minimum absolute atomic E-state index is 0.233. The van der Waals surface area contributed by atoms with Crippen molar-refractivity contribution in [3.63, 3.8) is 0 Å². The van der Waals surface area contributed by atoms with Gasteiger partial charge in [0.15, 0.2) is 0 Å². The zero-order valence-corrected chi connectivity index (χ0v) is 10.2. The minimum atomic E-state index is -0.385. The number of nitrogens with one attached hydrogen (secondary N) is 4. The maximum atomic E-state index is 12.0. The van der Waals surface area contributed by atoms with Gasteiger partial charge in [0.2, 0.25) is 0 Å². The van der Waals surface area contributed by atoms with Gasteiger partial charge < -0.3 is 20.6 Å². The lowest BCUT2D eigenvalue weighted by molar-refractivity contribution is 0.102. The van der Waals surface area contributed by atoms with Crippen LogP contribution in [0, 0.1) is 0 Å². The third-order valence-electron chi connectivity index (χ3n) is 3.23. The summed E-state index contributed by atoms with van der Waals surface area (Å²) < 4.78 is 0. The quantitative estimate of drug-likeness (QED) is 0.636. The maximum Gasteiger partial charge on any atom is 0.323 e. The Balaban J connectivity index is 1.87. The number of benzene rings is 1. The minimum Gasteiger partial charge on any atom is -0.320 e. The fraction of sp³-hybridized carbons (Fsp3) is 0.231. The van der Waals surface area contributed by atoms with E-state index in [0.717, 1.165) is 30.8 Å². The van der Waals surface area contributed by atoms with E-state index in [0.29, 0.717) is 0 Å². The van der Waals surface area contributed by atoms with Crippen LogP contribution in [0.4, 0.5) is 5.69 Å². The fourth-order valence-corrected chi connectivity index (χ4v) is 2.29. The largest absolute Gasteiger partial charge is 0.323 e. The van der Waals surface area contributed by atoms with E-state index in [-0.39, 0.29) is 17.3 Å². The van der Waals surface area contributed by atoms with Gasteiger partial charge in [-0.05, 0) is 30.2 Å². The Labute approximate surface area is 109 Å². The van der Waals surface area contributed by atoms with E-state index in [1.807, 2.05) is 12.1 Å². The molecule has 2 aromatic rings. The van der Waals surface area contributed by atoms with Crippen molar-refractivity contribution in [3.05, 3.63) is 51.7 Å². The summed E-state index contributed by atoms with van der Waals surface area (Å²) in [4.78, 5) is 27.8. The Bertz CT molecular complexity index is 671. The molecule has 2 heterocycles. The van der Waals surface area contributed by atoms with Gasteiger partial charge in [-0.1, -0.05) is 12.1 Å². The number of rotatable bonds is 2. The maximum absolute atomic E-state index is 12.0. The number of fused-ring (bicyclic) bond motifs is 1. The van der Waals surface area contributed by atoms with Crippen LogP contribution in [0.1, 0.15) is 21.6 Å². The Morgan fingerprint density at radius 2 is 2.21 bits per heavy atom. The van der Waals surface area contributed by atoms with Crippen LogP contribution in [0.3, 0.4) is 0 Å². The van der Waals surface area contributed by atoms with Gasteiger partial charge in [0.25, 0.3) is 5.91 Å². The van der Waals surface area contributed by atoms with Gasteiger partial charge in [0, 0.05) is 18.4 Å². The first-order valence-electron chi connectivity index (χ1n) is 6.14. The molecule has 6 nitrogen and oxygen atoms in total. The highest BCUT2D eigenvalue weighted by Gasteiger charge is 2.15. The molecule has 98 valence electrons. The van der Waals surface area contributed by atoms with Gasteiger partial charge >= 0.3 is 5.69 Å². The zero-order valence-electron chi connectivity index (χ0n) is 10.2. The molecular formula is C13H14N4O2. The van der Waals surface area contributed by atoms with Crippen molar-refractivity contribution in [3.8, 4) is 0 Å². The highest BCUT2D eigenvalue weighted by Crippen LogP contribution is 2.23. The standard InChI is InChI=1S/C13H14N4O2/c18-12(11-7-15-13(19)17-11)16-10-3-1-2-8-6-14-5-4-9(8)10/h1-3,7,14H,4-6H2,(H,16,18)(H2,15,17,19). The Hall–Kier alpha value is -2.34. The average molecular weight is 258 g/mol. The van der Waals surface area contributed by atoms with E-state index in [2.05, 4.69) is 26.7 Å². The zero-order chi connectivity index (χ0) is 13.2. The van der Waals surface area contributed by atoms with Crippen molar-refractivity contribution in [2.45, 2.75) is 13.0 Å². The second-order valence-electron chi connectivity index (χ2n) is 4.48. The number of carbonyl (C=O) groups excluding carboxylic acids is 1. The van der Waals surface area contributed by atoms with E-state index < -0.39 is 0 Å². The van der Waals surface area contributed by atoms with Crippen LogP contribution in [0.15, 0.2) is 29.2 Å². The lowest BCUT2D eigenvalue weighted by Gasteiger charge is -2.20. The number of H-pyrrole nitrogens is 2. The molecule has 0 spiro atoms. The fourth-order valence-electron chi connectivity index (χ4n) is 2.29. The van der Waals surface area contributed by atoms with Gasteiger partial charge in [0.1, 0.15) is 5.69 Å². The summed E-state index contributed by atoms with van der Waals surface area (Å²) in [5, 5.41) is 6.13. The van der Waals surface area contributed by atoms with E-state index >= 15 is 0 Å². The molecule has 19 heavy (non-hydrogen) atoms. The molecule has 0 saturated heterocycles. The number of aromatic nitrogens is 2. The van der Waals surface area contributed by atoms with Crippen molar-refractivity contribution in [2.24, 2.45) is 0 Å². The molecule has 0 unspecified atom stereocenters. The monoisotopic (exact) mass is 258 g/mol. The number of aromatic amines is 2. The third-order valence-corrected chi connectivity index (χ3v) is 3.23. The lowest BCUT2D eigenvalue weighted by Crippen LogP contribution is -2.25. The van der Waals surface area contributed by atoms with Crippen LogP contribution in [0.2, 0.25) is 0 Å². The molecule has 0 atom stereocenters. The molecule has 1 aliphatic heterocycles. The van der Waals surface area contributed by atoms with Gasteiger partial charge in [-0.25, -0.2) is 4.79 Å². The van der Waals surface area contributed by atoms with Gasteiger partial charge in [-0.15, -0.1) is 0 Å². The second-order valence-corrected chi connectivity index (χ2v) is 4.48. The summed E-state index contributed by atoms with van der Waals surface area (Å²) in [5.74, 6) is -0.315. The summed E-state index contributed by atoms with van der Waals surface area (Å²) in [6.45, 7) is 1.72. The Morgan fingerprint density at radius 1 is 1.32 bits per heavy atom. The first-order chi connectivity index (χ1) is 9.24. The Kier molecular flexibility index (Phi) is 2.92. The first kappa shape index (κ1) is 11.7.